The average Bonchev–Trinajstić information content (AvgIpc) is 3.20. The molecule has 0 atom stereocenters. The zero-order valence-corrected chi connectivity index (χ0v) is 17.2. The molecule has 7 nitrogen and oxygen atoms in total. The summed E-state index contributed by atoms with van der Waals surface area (Å²) in [7, 11) is 0. The van der Waals surface area contributed by atoms with E-state index in [1.165, 1.54) is 29.3 Å². The first-order valence-corrected chi connectivity index (χ1v) is 10.0. The van der Waals surface area contributed by atoms with Crippen molar-refractivity contribution in [3.05, 3.63) is 58.7 Å². The van der Waals surface area contributed by atoms with Crippen molar-refractivity contribution in [3.8, 4) is 5.75 Å². The highest BCUT2D eigenvalue weighted by molar-refractivity contribution is 5.96. The number of hydrogen-bond acceptors (Lipinski definition) is 6. The predicted molar refractivity (Wildman–Crippen MR) is 111 cm³/mol. The van der Waals surface area contributed by atoms with E-state index in [1.807, 2.05) is 18.2 Å². The molecule has 0 unspecified atom stereocenters. The molecule has 0 radical (unpaired) electrons. The second-order valence-corrected chi connectivity index (χ2v) is 6.86. The van der Waals surface area contributed by atoms with Crippen molar-refractivity contribution in [1.82, 2.24) is 0 Å². The third-order valence-corrected chi connectivity index (χ3v) is 4.68. The van der Waals surface area contributed by atoms with Gasteiger partial charge in [0.15, 0.2) is 6.61 Å². The van der Waals surface area contributed by atoms with Crippen LogP contribution in [0, 0.1) is 0 Å². The van der Waals surface area contributed by atoms with Gasteiger partial charge in [-0.05, 0) is 74.6 Å². The maximum atomic E-state index is 12.3. The van der Waals surface area contributed by atoms with Crippen molar-refractivity contribution in [2.24, 2.45) is 0 Å². The number of rotatable bonds is 8. The maximum absolute atomic E-state index is 12.3. The summed E-state index contributed by atoms with van der Waals surface area (Å²) < 4.78 is 15.5. The molecule has 3 rings (SSSR count). The third-order valence-electron chi connectivity index (χ3n) is 4.68. The second-order valence-electron chi connectivity index (χ2n) is 6.86. The Kier molecular flexibility index (Phi) is 7.06. The Balaban J connectivity index is 1.68. The molecule has 1 N–H and O–H groups in total. The number of amides is 1. The first-order valence-electron chi connectivity index (χ1n) is 10.0. The van der Waals surface area contributed by atoms with Crippen molar-refractivity contribution in [2.45, 2.75) is 33.1 Å². The highest BCUT2D eigenvalue weighted by Crippen LogP contribution is 2.25. The van der Waals surface area contributed by atoms with Gasteiger partial charge in [0, 0.05) is 5.69 Å². The number of carbonyl (C=O) groups excluding carboxylic acids is 3. The quantitative estimate of drug-likeness (QED) is 0.668. The molecule has 30 heavy (non-hydrogen) atoms. The summed E-state index contributed by atoms with van der Waals surface area (Å²) in [4.78, 5) is 36.5. The molecule has 1 aliphatic carbocycles. The molecular formula is C23H25NO6. The Bertz CT molecular complexity index is 916. The van der Waals surface area contributed by atoms with Gasteiger partial charge in [-0.2, -0.15) is 0 Å². The molecule has 0 bridgehead atoms. The minimum atomic E-state index is -0.587. The minimum absolute atomic E-state index is 0.149. The van der Waals surface area contributed by atoms with E-state index >= 15 is 0 Å². The summed E-state index contributed by atoms with van der Waals surface area (Å²) in [5.74, 6) is -1.31. The number of hydrogen-bond donors (Lipinski definition) is 1. The summed E-state index contributed by atoms with van der Waals surface area (Å²) in [6, 6.07) is 10.1. The van der Waals surface area contributed by atoms with Crippen LogP contribution in [0.5, 0.6) is 5.75 Å². The van der Waals surface area contributed by atoms with Crippen LogP contribution in [0.4, 0.5) is 5.69 Å². The number of carbonyl (C=O) groups is 3. The molecule has 158 valence electrons. The van der Waals surface area contributed by atoms with Gasteiger partial charge < -0.3 is 19.5 Å². The smallest absolute Gasteiger partial charge is 0.338 e. The Morgan fingerprint density at radius 3 is 2.13 bits per heavy atom. The van der Waals surface area contributed by atoms with E-state index < -0.39 is 11.9 Å². The molecule has 0 fully saturated rings. The zero-order valence-electron chi connectivity index (χ0n) is 17.2. The monoisotopic (exact) mass is 411 g/mol. The predicted octanol–water partition coefficient (Wildman–Crippen LogP) is 3.55. The lowest BCUT2D eigenvalue weighted by Gasteiger charge is -2.11. The fraction of sp³-hybridized carbons (Fsp3) is 0.348. The zero-order chi connectivity index (χ0) is 21.5. The van der Waals surface area contributed by atoms with Crippen LogP contribution in [0.1, 0.15) is 52.1 Å². The van der Waals surface area contributed by atoms with Crippen molar-refractivity contribution >= 4 is 23.5 Å². The van der Waals surface area contributed by atoms with Crippen molar-refractivity contribution in [2.75, 3.05) is 25.1 Å². The first kappa shape index (κ1) is 21.4. The SMILES string of the molecule is CCOC(=O)c1cc(OCC(=O)Nc2ccc3c(c2)CCC3)cc(C(=O)OCC)c1. The van der Waals surface area contributed by atoms with Crippen LogP contribution in [0.15, 0.2) is 36.4 Å². The van der Waals surface area contributed by atoms with Crippen LogP contribution < -0.4 is 10.1 Å². The Hall–Kier alpha value is -3.35. The number of ether oxygens (including phenoxy) is 3. The van der Waals surface area contributed by atoms with E-state index in [1.54, 1.807) is 13.8 Å². The molecule has 7 heteroatoms. The summed E-state index contributed by atoms with van der Waals surface area (Å²) in [5.41, 5.74) is 3.60. The van der Waals surface area contributed by atoms with E-state index in [-0.39, 0.29) is 42.6 Å². The van der Waals surface area contributed by atoms with Crippen molar-refractivity contribution in [3.63, 3.8) is 0 Å². The molecule has 0 saturated heterocycles. The standard InChI is InChI=1S/C23H25NO6/c1-3-28-22(26)17-10-18(23(27)29-4-2)13-20(12-17)30-14-21(25)24-19-9-8-15-6-5-7-16(15)11-19/h8-13H,3-7,14H2,1-2H3,(H,24,25). The van der Waals surface area contributed by atoms with E-state index in [9.17, 15) is 14.4 Å². The lowest BCUT2D eigenvalue weighted by atomic mass is 10.1. The maximum Gasteiger partial charge on any atom is 0.338 e. The molecule has 0 aromatic heterocycles. The number of benzene rings is 2. The van der Waals surface area contributed by atoms with Crippen LogP contribution in [0.25, 0.3) is 0 Å². The molecule has 0 spiro atoms. The summed E-state index contributed by atoms with van der Waals surface area (Å²) in [6.07, 6.45) is 3.23. The number of nitrogens with one attached hydrogen (secondary N) is 1. The van der Waals surface area contributed by atoms with Gasteiger partial charge in [0.2, 0.25) is 0 Å². The largest absolute Gasteiger partial charge is 0.484 e. The Morgan fingerprint density at radius 1 is 0.867 bits per heavy atom. The molecule has 2 aromatic carbocycles. The van der Waals surface area contributed by atoms with Gasteiger partial charge in [-0.25, -0.2) is 9.59 Å². The van der Waals surface area contributed by atoms with Gasteiger partial charge in [0.05, 0.1) is 24.3 Å². The number of anilines is 1. The lowest BCUT2D eigenvalue weighted by Crippen LogP contribution is -2.20. The topological polar surface area (TPSA) is 90.9 Å². The van der Waals surface area contributed by atoms with Crippen molar-refractivity contribution in [1.29, 1.82) is 0 Å². The average molecular weight is 411 g/mol. The van der Waals surface area contributed by atoms with Crippen LogP contribution >= 0.6 is 0 Å². The second kappa shape index (κ2) is 9.91. The fourth-order valence-electron chi connectivity index (χ4n) is 3.34. The molecule has 1 amide bonds. The third kappa shape index (κ3) is 5.37. The van der Waals surface area contributed by atoms with E-state index in [0.29, 0.717) is 0 Å². The summed E-state index contributed by atoms with van der Waals surface area (Å²) in [5, 5.41) is 2.81. The van der Waals surface area contributed by atoms with Gasteiger partial charge in [-0.3, -0.25) is 4.79 Å². The first-order chi connectivity index (χ1) is 14.5. The summed E-state index contributed by atoms with van der Waals surface area (Å²) >= 11 is 0. The van der Waals surface area contributed by atoms with Gasteiger partial charge in [0.25, 0.3) is 5.91 Å². The van der Waals surface area contributed by atoms with Gasteiger partial charge in [0.1, 0.15) is 5.75 Å². The summed E-state index contributed by atoms with van der Waals surface area (Å²) in [6.45, 7) is 3.50. The van der Waals surface area contributed by atoms with Crippen LogP contribution in [0.2, 0.25) is 0 Å². The van der Waals surface area contributed by atoms with E-state index in [2.05, 4.69) is 5.32 Å². The van der Waals surface area contributed by atoms with E-state index in [4.69, 9.17) is 14.2 Å². The minimum Gasteiger partial charge on any atom is -0.484 e. The lowest BCUT2D eigenvalue weighted by molar-refractivity contribution is -0.118. The number of aryl methyl sites for hydroxylation is 2. The van der Waals surface area contributed by atoms with Gasteiger partial charge >= 0.3 is 11.9 Å². The Labute approximate surface area is 175 Å². The molecule has 0 heterocycles. The molecule has 0 aliphatic heterocycles. The highest BCUT2D eigenvalue weighted by Gasteiger charge is 2.16. The van der Waals surface area contributed by atoms with E-state index in [0.717, 1.165) is 24.9 Å². The fourth-order valence-corrected chi connectivity index (χ4v) is 3.34. The molecule has 2 aromatic rings. The van der Waals surface area contributed by atoms with Crippen LogP contribution in [0.3, 0.4) is 0 Å². The van der Waals surface area contributed by atoms with Crippen LogP contribution in [-0.4, -0.2) is 37.7 Å². The van der Waals surface area contributed by atoms with Crippen molar-refractivity contribution < 1.29 is 28.6 Å². The number of fused-ring (bicyclic) bond motifs is 1. The van der Waals surface area contributed by atoms with Gasteiger partial charge in [-0.15, -0.1) is 0 Å². The highest BCUT2D eigenvalue weighted by atomic mass is 16.5. The Morgan fingerprint density at radius 2 is 1.50 bits per heavy atom. The van der Waals surface area contributed by atoms with Gasteiger partial charge in [-0.1, -0.05) is 6.07 Å². The molecule has 0 saturated carbocycles. The number of esters is 2. The van der Waals surface area contributed by atoms with Crippen LogP contribution in [-0.2, 0) is 27.1 Å². The normalized spacial score (nSPS) is 12.1. The molecule has 1 aliphatic rings. The molecular weight excluding hydrogens is 386 g/mol.